The molecule has 0 saturated heterocycles. The van der Waals surface area contributed by atoms with E-state index in [1.165, 1.54) is 10.5 Å². The maximum Gasteiger partial charge on any atom is 0.132 e. The Bertz CT molecular complexity index is 328. The molecule has 0 aromatic heterocycles. The van der Waals surface area contributed by atoms with Crippen molar-refractivity contribution in [2.75, 3.05) is 39.8 Å². The van der Waals surface area contributed by atoms with Crippen LogP contribution in [0.3, 0.4) is 0 Å². The molecule has 0 aliphatic rings. The van der Waals surface area contributed by atoms with E-state index in [1.54, 1.807) is 18.9 Å². The lowest BCUT2D eigenvalue weighted by molar-refractivity contribution is 0.0540. The molecule has 17 heavy (non-hydrogen) atoms. The highest BCUT2D eigenvalue weighted by atomic mass is 32.2. The zero-order chi connectivity index (χ0) is 12.5. The quantitative estimate of drug-likeness (QED) is 0.528. The highest BCUT2D eigenvalue weighted by molar-refractivity contribution is 7.98. The lowest BCUT2D eigenvalue weighted by atomic mass is 10.2. The van der Waals surface area contributed by atoms with Crippen LogP contribution in [-0.2, 0) is 9.47 Å². The molecule has 0 radical (unpaired) electrons. The van der Waals surface area contributed by atoms with Gasteiger partial charge in [0.15, 0.2) is 0 Å². The molecule has 4 heteroatoms. The van der Waals surface area contributed by atoms with Crippen molar-refractivity contribution in [3.05, 3.63) is 23.8 Å². The summed E-state index contributed by atoms with van der Waals surface area (Å²) in [5.41, 5.74) is 1.25. The van der Waals surface area contributed by atoms with E-state index in [0.29, 0.717) is 26.4 Å². The Morgan fingerprint density at radius 3 is 2.59 bits per heavy atom. The van der Waals surface area contributed by atoms with Crippen molar-refractivity contribution in [3.63, 3.8) is 0 Å². The van der Waals surface area contributed by atoms with Crippen LogP contribution in [0.4, 0.5) is 0 Å². The number of thioether (sulfide) groups is 1. The van der Waals surface area contributed by atoms with Crippen LogP contribution in [0.5, 0.6) is 5.75 Å². The maximum atomic E-state index is 5.68. The van der Waals surface area contributed by atoms with Gasteiger partial charge in [-0.3, -0.25) is 0 Å². The summed E-state index contributed by atoms with van der Waals surface area (Å²) < 4.78 is 15.9. The molecule has 0 N–H and O–H groups in total. The second-order valence-electron chi connectivity index (χ2n) is 3.61. The monoisotopic (exact) mass is 256 g/mol. The van der Waals surface area contributed by atoms with Crippen molar-refractivity contribution in [3.8, 4) is 5.75 Å². The van der Waals surface area contributed by atoms with Crippen molar-refractivity contribution in [1.29, 1.82) is 0 Å². The molecular weight excluding hydrogens is 236 g/mol. The summed E-state index contributed by atoms with van der Waals surface area (Å²) in [5, 5.41) is 0. The zero-order valence-corrected chi connectivity index (χ0v) is 11.5. The summed E-state index contributed by atoms with van der Waals surface area (Å²) in [6.45, 7) is 4.48. The largest absolute Gasteiger partial charge is 0.490 e. The highest BCUT2D eigenvalue weighted by Crippen LogP contribution is 2.28. The first-order chi connectivity index (χ1) is 8.27. The summed E-state index contributed by atoms with van der Waals surface area (Å²) in [6, 6.07) is 6.20. The van der Waals surface area contributed by atoms with E-state index in [4.69, 9.17) is 14.2 Å². The average molecular weight is 256 g/mol. The van der Waals surface area contributed by atoms with Crippen LogP contribution in [-0.4, -0.2) is 39.8 Å². The fraction of sp³-hybridized carbons (Fsp3) is 0.538. The van der Waals surface area contributed by atoms with E-state index in [1.807, 2.05) is 6.07 Å². The van der Waals surface area contributed by atoms with E-state index in [2.05, 4.69) is 25.3 Å². The first-order valence-corrected chi connectivity index (χ1v) is 6.84. The number of ether oxygens (including phenoxy) is 3. The van der Waals surface area contributed by atoms with Crippen molar-refractivity contribution in [2.24, 2.45) is 0 Å². The second kappa shape index (κ2) is 8.39. The van der Waals surface area contributed by atoms with Crippen LogP contribution >= 0.6 is 11.8 Å². The van der Waals surface area contributed by atoms with Gasteiger partial charge in [-0.1, -0.05) is 6.07 Å². The van der Waals surface area contributed by atoms with E-state index >= 15 is 0 Å². The van der Waals surface area contributed by atoms with Crippen LogP contribution < -0.4 is 4.74 Å². The number of aryl methyl sites for hydroxylation is 1. The molecule has 0 aliphatic heterocycles. The Morgan fingerprint density at radius 2 is 1.88 bits per heavy atom. The van der Waals surface area contributed by atoms with Gasteiger partial charge in [-0.25, -0.2) is 0 Å². The molecule has 96 valence electrons. The molecule has 0 atom stereocenters. The summed E-state index contributed by atoms with van der Waals surface area (Å²) in [4.78, 5) is 1.17. The number of hydrogen-bond donors (Lipinski definition) is 0. The van der Waals surface area contributed by atoms with Crippen molar-refractivity contribution < 1.29 is 14.2 Å². The van der Waals surface area contributed by atoms with Gasteiger partial charge in [0.25, 0.3) is 0 Å². The minimum absolute atomic E-state index is 0.570. The molecule has 0 saturated carbocycles. The zero-order valence-electron chi connectivity index (χ0n) is 10.7. The van der Waals surface area contributed by atoms with Gasteiger partial charge in [0.1, 0.15) is 12.4 Å². The third kappa shape index (κ3) is 5.44. The molecule has 1 rings (SSSR count). The standard InChI is InChI=1S/C13H20O3S/c1-11-4-5-12(13(10-11)17-3)16-9-8-15-7-6-14-2/h4-5,10H,6-9H2,1-3H3. The van der Waals surface area contributed by atoms with E-state index in [9.17, 15) is 0 Å². The Labute approximate surface area is 107 Å². The number of methoxy groups -OCH3 is 1. The lowest BCUT2D eigenvalue weighted by Crippen LogP contribution is -2.10. The first kappa shape index (κ1) is 14.4. The maximum absolute atomic E-state index is 5.68. The highest BCUT2D eigenvalue weighted by Gasteiger charge is 2.02. The molecule has 0 amide bonds. The Morgan fingerprint density at radius 1 is 1.12 bits per heavy atom. The van der Waals surface area contributed by atoms with Crippen molar-refractivity contribution >= 4 is 11.8 Å². The second-order valence-corrected chi connectivity index (χ2v) is 4.46. The number of hydrogen-bond acceptors (Lipinski definition) is 4. The topological polar surface area (TPSA) is 27.7 Å². The van der Waals surface area contributed by atoms with Gasteiger partial charge in [-0.2, -0.15) is 0 Å². The van der Waals surface area contributed by atoms with Crippen LogP contribution in [0.1, 0.15) is 5.56 Å². The summed E-state index contributed by atoms with van der Waals surface area (Å²) in [7, 11) is 1.66. The number of rotatable bonds is 8. The molecule has 0 spiro atoms. The summed E-state index contributed by atoms with van der Waals surface area (Å²) in [5.74, 6) is 0.929. The lowest BCUT2D eigenvalue weighted by Gasteiger charge is -2.11. The molecule has 0 aliphatic carbocycles. The third-order valence-corrected chi connectivity index (χ3v) is 3.00. The minimum atomic E-state index is 0.570. The normalized spacial score (nSPS) is 10.5. The predicted octanol–water partition coefficient (Wildman–Crippen LogP) is 2.76. The average Bonchev–Trinajstić information content (AvgIpc) is 2.35. The fourth-order valence-electron chi connectivity index (χ4n) is 1.35. The van der Waals surface area contributed by atoms with Gasteiger partial charge in [0.2, 0.25) is 0 Å². The van der Waals surface area contributed by atoms with Crippen LogP contribution in [0.25, 0.3) is 0 Å². The van der Waals surface area contributed by atoms with Gasteiger partial charge in [-0.15, -0.1) is 11.8 Å². The molecule has 1 aromatic rings. The molecule has 1 aromatic carbocycles. The Kier molecular flexibility index (Phi) is 7.08. The van der Waals surface area contributed by atoms with Gasteiger partial charge in [0, 0.05) is 12.0 Å². The fourth-order valence-corrected chi connectivity index (χ4v) is 1.98. The SMILES string of the molecule is COCCOCCOc1ccc(C)cc1SC. The van der Waals surface area contributed by atoms with Gasteiger partial charge < -0.3 is 14.2 Å². The Hall–Kier alpha value is -0.710. The summed E-state index contributed by atoms with van der Waals surface area (Å²) >= 11 is 1.70. The van der Waals surface area contributed by atoms with Crippen molar-refractivity contribution in [1.82, 2.24) is 0 Å². The van der Waals surface area contributed by atoms with E-state index in [-0.39, 0.29) is 0 Å². The molecule has 3 nitrogen and oxygen atoms in total. The van der Waals surface area contributed by atoms with Crippen LogP contribution in [0.2, 0.25) is 0 Å². The van der Waals surface area contributed by atoms with Gasteiger partial charge in [-0.05, 0) is 30.9 Å². The molecule has 0 unspecified atom stereocenters. The van der Waals surface area contributed by atoms with Crippen molar-refractivity contribution in [2.45, 2.75) is 11.8 Å². The van der Waals surface area contributed by atoms with Gasteiger partial charge >= 0.3 is 0 Å². The predicted molar refractivity (Wildman–Crippen MR) is 71.2 cm³/mol. The summed E-state index contributed by atoms with van der Waals surface area (Å²) in [6.07, 6.45) is 2.05. The van der Waals surface area contributed by atoms with Crippen LogP contribution in [0.15, 0.2) is 23.1 Å². The molecule has 0 fully saturated rings. The minimum Gasteiger partial charge on any atom is -0.490 e. The molecule has 0 heterocycles. The first-order valence-electron chi connectivity index (χ1n) is 5.62. The van der Waals surface area contributed by atoms with E-state index < -0.39 is 0 Å². The third-order valence-electron chi connectivity index (χ3n) is 2.24. The van der Waals surface area contributed by atoms with Crippen LogP contribution in [0, 0.1) is 6.92 Å². The smallest absolute Gasteiger partial charge is 0.132 e. The van der Waals surface area contributed by atoms with E-state index in [0.717, 1.165) is 5.75 Å². The molecular formula is C13H20O3S. The Balaban J connectivity index is 2.31. The molecule has 0 bridgehead atoms. The van der Waals surface area contributed by atoms with Gasteiger partial charge in [0.05, 0.1) is 19.8 Å². The number of benzene rings is 1.